The molecule has 3 heteroatoms. The number of nitrogens with two attached hydrogens (primary N) is 1. The summed E-state index contributed by atoms with van der Waals surface area (Å²) in [5, 5.41) is 3.04. The molecule has 0 spiro atoms. The average molecular weight is 240 g/mol. The second-order valence-corrected chi connectivity index (χ2v) is 5.44. The van der Waals surface area contributed by atoms with Crippen LogP contribution in [0.2, 0.25) is 0 Å². The lowest BCUT2D eigenvalue weighted by Gasteiger charge is -2.32. The van der Waals surface area contributed by atoms with Crippen LogP contribution in [-0.2, 0) is 4.79 Å². The van der Waals surface area contributed by atoms with E-state index < -0.39 is 0 Å². The van der Waals surface area contributed by atoms with Crippen molar-refractivity contribution in [2.75, 3.05) is 6.54 Å². The Morgan fingerprint density at radius 2 is 2.06 bits per heavy atom. The van der Waals surface area contributed by atoms with Crippen LogP contribution in [0, 0.1) is 11.8 Å². The molecule has 0 aromatic heterocycles. The van der Waals surface area contributed by atoms with Crippen molar-refractivity contribution in [3.05, 3.63) is 0 Å². The topological polar surface area (TPSA) is 55.1 Å². The fourth-order valence-corrected chi connectivity index (χ4v) is 2.64. The quantitative estimate of drug-likeness (QED) is 0.701. The van der Waals surface area contributed by atoms with E-state index in [9.17, 15) is 4.79 Å². The molecule has 0 saturated heterocycles. The van der Waals surface area contributed by atoms with E-state index in [2.05, 4.69) is 19.2 Å². The Morgan fingerprint density at radius 3 is 2.76 bits per heavy atom. The highest BCUT2D eigenvalue weighted by Crippen LogP contribution is 2.27. The lowest BCUT2D eigenvalue weighted by molar-refractivity contribution is -0.127. The predicted octanol–water partition coefficient (Wildman–Crippen LogP) is 2.45. The Bertz CT molecular complexity index is 230. The number of amides is 1. The van der Waals surface area contributed by atoms with Gasteiger partial charge in [0.25, 0.3) is 0 Å². The molecular weight excluding hydrogens is 212 g/mol. The maximum atomic E-state index is 12.0. The van der Waals surface area contributed by atoms with E-state index >= 15 is 0 Å². The first-order chi connectivity index (χ1) is 8.16. The van der Waals surface area contributed by atoms with E-state index in [1.54, 1.807) is 0 Å². The largest absolute Gasteiger partial charge is 0.356 e. The summed E-state index contributed by atoms with van der Waals surface area (Å²) in [6, 6.07) is 0.0550. The molecule has 1 aliphatic carbocycles. The molecule has 0 heterocycles. The van der Waals surface area contributed by atoms with Gasteiger partial charge in [-0.25, -0.2) is 0 Å². The van der Waals surface area contributed by atoms with Crippen molar-refractivity contribution in [2.45, 2.75) is 64.8 Å². The van der Waals surface area contributed by atoms with Crippen LogP contribution in [0.15, 0.2) is 0 Å². The third kappa shape index (κ3) is 4.66. The second-order valence-electron chi connectivity index (χ2n) is 5.44. The monoisotopic (exact) mass is 240 g/mol. The first kappa shape index (κ1) is 14.5. The molecule has 3 N–H and O–H groups in total. The lowest BCUT2D eigenvalue weighted by Crippen LogP contribution is -2.47. The molecule has 1 amide bonds. The van der Waals surface area contributed by atoms with Gasteiger partial charge < -0.3 is 11.1 Å². The van der Waals surface area contributed by atoms with Crippen LogP contribution in [0.1, 0.15) is 58.8 Å². The Balaban J connectivity index is 2.22. The molecule has 0 bridgehead atoms. The van der Waals surface area contributed by atoms with Gasteiger partial charge in [-0.2, -0.15) is 0 Å². The molecule has 17 heavy (non-hydrogen) atoms. The van der Waals surface area contributed by atoms with Crippen molar-refractivity contribution >= 4 is 5.91 Å². The van der Waals surface area contributed by atoms with Crippen molar-refractivity contribution < 1.29 is 4.79 Å². The van der Waals surface area contributed by atoms with Crippen molar-refractivity contribution in [1.82, 2.24) is 5.32 Å². The Labute approximate surface area is 106 Å². The minimum Gasteiger partial charge on any atom is -0.356 e. The van der Waals surface area contributed by atoms with Crippen molar-refractivity contribution in [1.29, 1.82) is 0 Å². The summed E-state index contributed by atoms with van der Waals surface area (Å²) in [6.07, 6.45) is 8.08. The molecular formula is C14H28N2O. The molecule has 0 aromatic carbocycles. The molecule has 0 radical (unpaired) electrons. The zero-order valence-corrected chi connectivity index (χ0v) is 11.4. The van der Waals surface area contributed by atoms with Crippen LogP contribution in [0.4, 0.5) is 0 Å². The summed E-state index contributed by atoms with van der Waals surface area (Å²) in [5.74, 6) is 0.713. The van der Waals surface area contributed by atoms with Gasteiger partial charge in [0.15, 0.2) is 0 Å². The number of rotatable bonds is 6. The van der Waals surface area contributed by atoms with Crippen LogP contribution in [-0.4, -0.2) is 18.5 Å². The number of carbonyl (C=O) groups is 1. The van der Waals surface area contributed by atoms with Gasteiger partial charge in [-0.3, -0.25) is 4.79 Å². The highest BCUT2D eigenvalue weighted by atomic mass is 16.1. The molecule has 3 unspecified atom stereocenters. The van der Waals surface area contributed by atoms with Gasteiger partial charge in [-0.15, -0.1) is 0 Å². The standard InChI is InChI=1S/C14H28N2O/c1-3-4-5-6-10-16-14(17)12-9-7-8-11(2)13(12)15/h11-13H,3-10,15H2,1-2H3,(H,16,17). The highest BCUT2D eigenvalue weighted by Gasteiger charge is 2.32. The fourth-order valence-electron chi connectivity index (χ4n) is 2.64. The van der Waals surface area contributed by atoms with Crippen LogP contribution < -0.4 is 11.1 Å². The third-order valence-corrected chi connectivity index (χ3v) is 3.96. The van der Waals surface area contributed by atoms with Gasteiger partial charge in [-0.1, -0.05) is 39.5 Å². The maximum Gasteiger partial charge on any atom is 0.224 e. The molecule has 1 rings (SSSR count). The van der Waals surface area contributed by atoms with Gasteiger partial charge in [0.05, 0.1) is 5.92 Å². The van der Waals surface area contributed by atoms with Crippen LogP contribution in [0.3, 0.4) is 0 Å². The molecule has 1 saturated carbocycles. The zero-order valence-electron chi connectivity index (χ0n) is 11.4. The fraction of sp³-hybridized carbons (Fsp3) is 0.929. The summed E-state index contributed by atoms with van der Waals surface area (Å²) in [7, 11) is 0. The summed E-state index contributed by atoms with van der Waals surface area (Å²) in [5.41, 5.74) is 6.11. The molecule has 1 aliphatic rings. The minimum absolute atomic E-state index is 0.0462. The first-order valence-corrected chi connectivity index (χ1v) is 7.20. The Morgan fingerprint density at radius 1 is 1.29 bits per heavy atom. The predicted molar refractivity (Wildman–Crippen MR) is 71.6 cm³/mol. The number of carbonyl (C=O) groups excluding carboxylic acids is 1. The minimum atomic E-state index is 0.0462. The maximum absolute atomic E-state index is 12.0. The number of unbranched alkanes of at least 4 members (excludes halogenated alkanes) is 3. The highest BCUT2D eigenvalue weighted by molar-refractivity contribution is 5.79. The van der Waals surface area contributed by atoms with Crippen LogP contribution >= 0.6 is 0 Å². The molecule has 0 aromatic rings. The van der Waals surface area contributed by atoms with Gasteiger partial charge >= 0.3 is 0 Å². The Kier molecular flexibility index (Phi) is 6.56. The number of hydrogen-bond donors (Lipinski definition) is 2. The smallest absolute Gasteiger partial charge is 0.224 e. The number of nitrogens with one attached hydrogen (secondary N) is 1. The van der Waals surface area contributed by atoms with E-state index in [4.69, 9.17) is 5.73 Å². The van der Waals surface area contributed by atoms with E-state index in [0.717, 1.165) is 25.8 Å². The summed E-state index contributed by atoms with van der Waals surface area (Å²) in [4.78, 5) is 12.0. The number of hydrogen-bond acceptors (Lipinski definition) is 2. The van der Waals surface area contributed by atoms with E-state index in [1.165, 1.54) is 25.7 Å². The van der Waals surface area contributed by atoms with Gasteiger partial charge in [-0.05, 0) is 25.2 Å². The van der Waals surface area contributed by atoms with Crippen LogP contribution in [0.25, 0.3) is 0 Å². The zero-order chi connectivity index (χ0) is 12.7. The summed E-state index contributed by atoms with van der Waals surface area (Å²) < 4.78 is 0. The van der Waals surface area contributed by atoms with E-state index in [1.807, 2.05) is 0 Å². The summed E-state index contributed by atoms with van der Waals surface area (Å²) >= 11 is 0. The van der Waals surface area contributed by atoms with E-state index in [-0.39, 0.29) is 17.9 Å². The molecule has 3 atom stereocenters. The second kappa shape index (κ2) is 7.70. The molecule has 3 nitrogen and oxygen atoms in total. The third-order valence-electron chi connectivity index (χ3n) is 3.96. The molecule has 0 aliphatic heterocycles. The normalized spacial score (nSPS) is 29.0. The van der Waals surface area contributed by atoms with Gasteiger partial charge in [0, 0.05) is 12.6 Å². The van der Waals surface area contributed by atoms with Gasteiger partial charge in [0.2, 0.25) is 5.91 Å². The van der Waals surface area contributed by atoms with E-state index in [0.29, 0.717) is 5.92 Å². The first-order valence-electron chi connectivity index (χ1n) is 7.20. The van der Waals surface area contributed by atoms with Crippen molar-refractivity contribution in [2.24, 2.45) is 17.6 Å². The Hall–Kier alpha value is -0.570. The average Bonchev–Trinajstić information content (AvgIpc) is 2.32. The van der Waals surface area contributed by atoms with Crippen molar-refractivity contribution in [3.8, 4) is 0 Å². The SMILES string of the molecule is CCCCCCNC(=O)C1CCCC(C)C1N. The summed E-state index contributed by atoms with van der Waals surface area (Å²) in [6.45, 7) is 5.17. The van der Waals surface area contributed by atoms with Crippen molar-refractivity contribution in [3.63, 3.8) is 0 Å². The van der Waals surface area contributed by atoms with Crippen LogP contribution in [0.5, 0.6) is 0 Å². The van der Waals surface area contributed by atoms with Gasteiger partial charge in [0.1, 0.15) is 0 Å². The molecule has 100 valence electrons. The lowest BCUT2D eigenvalue weighted by atomic mass is 9.78. The molecule has 1 fully saturated rings.